The number of guanidine groups is 1. The summed E-state index contributed by atoms with van der Waals surface area (Å²) < 4.78 is 5.69. The fraction of sp³-hybridized carbons (Fsp3) is 0.462. The summed E-state index contributed by atoms with van der Waals surface area (Å²) in [4.78, 5) is 4.03. The van der Waals surface area contributed by atoms with Gasteiger partial charge in [0.1, 0.15) is 5.75 Å². The second-order valence-corrected chi connectivity index (χ2v) is 3.72. The molecule has 1 aromatic rings. The second kappa shape index (κ2) is 9.99. The summed E-state index contributed by atoms with van der Waals surface area (Å²) in [5.74, 6) is 1.77. The standard InChI is InChI=1S/C13H21N3O.HI/c1-11-7-4-5-8-12(11)17-10-6-9-16-13(14-2)15-3;/h4-5,7-8H,6,9-10H2,1-3H3,(H2,14,15,16);1H. The average molecular weight is 363 g/mol. The number of aryl methyl sites for hydroxylation is 1. The molecule has 0 aromatic heterocycles. The Kier molecular flexibility index (Phi) is 9.45. The molecule has 0 amide bonds. The molecule has 0 aliphatic rings. The highest BCUT2D eigenvalue weighted by Gasteiger charge is 1.97. The first-order chi connectivity index (χ1) is 8.27. The molecule has 102 valence electrons. The van der Waals surface area contributed by atoms with Gasteiger partial charge in [0.05, 0.1) is 6.61 Å². The fourth-order valence-corrected chi connectivity index (χ4v) is 1.46. The average Bonchev–Trinajstić information content (AvgIpc) is 2.36. The fourth-order valence-electron chi connectivity index (χ4n) is 1.46. The molecular weight excluding hydrogens is 341 g/mol. The number of rotatable bonds is 5. The van der Waals surface area contributed by atoms with Gasteiger partial charge in [-0.2, -0.15) is 0 Å². The van der Waals surface area contributed by atoms with Crippen LogP contribution in [-0.2, 0) is 0 Å². The molecular formula is C13H22IN3O. The maximum Gasteiger partial charge on any atom is 0.190 e. The van der Waals surface area contributed by atoms with E-state index in [1.165, 1.54) is 5.56 Å². The van der Waals surface area contributed by atoms with E-state index in [9.17, 15) is 0 Å². The molecule has 0 saturated heterocycles. The Morgan fingerprint density at radius 1 is 1.33 bits per heavy atom. The molecule has 0 unspecified atom stereocenters. The monoisotopic (exact) mass is 363 g/mol. The summed E-state index contributed by atoms with van der Waals surface area (Å²) in [6.45, 7) is 3.61. The maximum atomic E-state index is 5.69. The van der Waals surface area contributed by atoms with Crippen molar-refractivity contribution in [3.05, 3.63) is 29.8 Å². The van der Waals surface area contributed by atoms with E-state index >= 15 is 0 Å². The van der Waals surface area contributed by atoms with Crippen LogP contribution in [0, 0.1) is 6.92 Å². The Hall–Kier alpha value is -0.980. The highest BCUT2D eigenvalue weighted by atomic mass is 127. The number of ether oxygens (including phenoxy) is 1. The molecule has 0 aliphatic heterocycles. The van der Waals surface area contributed by atoms with E-state index < -0.39 is 0 Å². The maximum absolute atomic E-state index is 5.69. The van der Waals surface area contributed by atoms with Crippen LogP contribution in [0.5, 0.6) is 5.75 Å². The number of nitrogens with zero attached hydrogens (tertiary/aromatic N) is 1. The molecule has 0 atom stereocenters. The number of hydrogen-bond acceptors (Lipinski definition) is 2. The Labute approximate surface area is 126 Å². The normalized spacial score (nSPS) is 10.5. The van der Waals surface area contributed by atoms with Gasteiger partial charge in [0.15, 0.2) is 5.96 Å². The number of para-hydroxylation sites is 1. The lowest BCUT2D eigenvalue weighted by Crippen LogP contribution is -2.35. The number of nitrogens with one attached hydrogen (secondary N) is 2. The van der Waals surface area contributed by atoms with Crippen LogP contribution in [0.2, 0.25) is 0 Å². The quantitative estimate of drug-likeness (QED) is 0.365. The van der Waals surface area contributed by atoms with Crippen LogP contribution < -0.4 is 15.4 Å². The van der Waals surface area contributed by atoms with E-state index in [4.69, 9.17) is 4.74 Å². The first-order valence-corrected chi connectivity index (χ1v) is 5.84. The van der Waals surface area contributed by atoms with E-state index in [-0.39, 0.29) is 24.0 Å². The van der Waals surface area contributed by atoms with Crippen LogP contribution in [0.4, 0.5) is 0 Å². The lowest BCUT2D eigenvalue weighted by molar-refractivity contribution is 0.309. The summed E-state index contributed by atoms with van der Waals surface area (Å²) in [5.41, 5.74) is 1.17. The molecule has 1 rings (SSSR count). The van der Waals surface area contributed by atoms with Crippen LogP contribution in [-0.4, -0.2) is 33.2 Å². The van der Waals surface area contributed by atoms with E-state index in [2.05, 4.69) is 28.6 Å². The largest absolute Gasteiger partial charge is 0.493 e. The van der Waals surface area contributed by atoms with Crippen molar-refractivity contribution in [3.8, 4) is 5.75 Å². The van der Waals surface area contributed by atoms with Crippen molar-refractivity contribution in [1.82, 2.24) is 10.6 Å². The number of benzene rings is 1. The van der Waals surface area contributed by atoms with E-state index in [1.807, 2.05) is 25.2 Å². The predicted octanol–water partition coefficient (Wildman–Crippen LogP) is 2.18. The van der Waals surface area contributed by atoms with E-state index in [1.54, 1.807) is 7.05 Å². The van der Waals surface area contributed by atoms with Crippen molar-refractivity contribution < 1.29 is 4.74 Å². The van der Waals surface area contributed by atoms with Crippen molar-refractivity contribution in [2.45, 2.75) is 13.3 Å². The highest BCUT2D eigenvalue weighted by molar-refractivity contribution is 14.0. The van der Waals surface area contributed by atoms with Gasteiger partial charge in [-0.05, 0) is 25.0 Å². The van der Waals surface area contributed by atoms with Gasteiger partial charge in [-0.1, -0.05) is 18.2 Å². The number of hydrogen-bond donors (Lipinski definition) is 2. The number of halogens is 1. The third-order valence-corrected chi connectivity index (χ3v) is 2.43. The summed E-state index contributed by atoms with van der Waals surface area (Å²) in [5, 5.41) is 6.15. The Morgan fingerprint density at radius 3 is 2.67 bits per heavy atom. The molecule has 0 saturated carbocycles. The molecule has 18 heavy (non-hydrogen) atoms. The van der Waals surface area contributed by atoms with Crippen LogP contribution in [0.1, 0.15) is 12.0 Å². The second-order valence-electron chi connectivity index (χ2n) is 3.72. The summed E-state index contributed by atoms with van der Waals surface area (Å²) in [6.07, 6.45) is 0.940. The van der Waals surface area contributed by atoms with Crippen molar-refractivity contribution in [2.24, 2.45) is 4.99 Å². The molecule has 0 fully saturated rings. The van der Waals surface area contributed by atoms with Crippen molar-refractivity contribution in [1.29, 1.82) is 0 Å². The van der Waals surface area contributed by atoms with E-state index in [0.717, 1.165) is 24.7 Å². The van der Waals surface area contributed by atoms with Gasteiger partial charge in [0.25, 0.3) is 0 Å². The van der Waals surface area contributed by atoms with Crippen LogP contribution >= 0.6 is 24.0 Å². The van der Waals surface area contributed by atoms with Gasteiger partial charge in [0, 0.05) is 20.6 Å². The third kappa shape index (κ3) is 6.09. The minimum absolute atomic E-state index is 0. The molecule has 2 N–H and O–H groups in total. The lowest BCUT2D eigenvalue weighted by Gasteiger charge is -2.10. The zero-order chi connectivity index (χ0) is 12.5. The van der Waals surface area contributed by atoms with Gasteiger partial charge in [-0.3, -0.25) is 4.99 Å². The van der Waals surface area contributed by atoms with Crippen molar-refractivity contribution in [3.63, 3.8) is 0 Å². The van der Waals surface area contributed by atoms with Gasteiger partial charge in [-0.25, -0.2) is 0 Å². The Balaban J connectivity index is 0.00000289. The SMILES string of the molecule is CN=C(NC)NCCCOc1ccccc1C.I. The minimum Gasteiger partial charge on any atom is -0.493 e. The molecule has 0 bridgehead atoms. The van der Waals surface area contributed by atoms with Crippen molar-refractivity contribution >= 4 is 29.9 Å². The van der Waals surface area contributed by atoms with Gasteiger partial charge >= 0.3 is 0 Å². The van der Waals surface area contributed by atoms with Crippen molar-refractivity contribution in [2.75, 3.05) is 27.2 Å². The zero-order valence-electron chi connectivity index (χ0n) is 11.2. The highest BCUT2D eigenvalue weighted by Crippen LogP contribution is 2.15. The third-order valence-electron chi connectivity index (χ3n) is 2.43. The zero-order valence-corrected chi connectivity index (χ0v) is 13.5. The van der Waals surface area contributed by atoms with Crippen LogP contribution in [0.3, 0.4) is 0 Å². The lowest BCUT2D eigenvalue weighted by atomic mass is 10.2. The Bertz CT molecular complexity index is 369. The van der Waals surface area contributed by atoms with Gasteiger partial charge in [0.2, 0.25) is 0 Å². The molecule has 0 heterocycles. The van der Waals surface area contributed by atoms with E-state index in [0.29, 0.717) is 6.61 Å². The molecule has 0 spiro atoms. The van der Waals surface area contributed by atoms with Gasteiger partial charge < -0.3 is 15.4 Å². The van der Waals surface area contributed by atoms with Crippen LogP contribution in [0.15, 0.2) is 29.3 Å². The molecule has 1 aromatic carbocycles. The predicted molar refractivity (Wildman–Crippen MR) is 87.1 cm³/mol. The first-order valence-electron chi connectivity index (χ1n) is 5.84. The topological polar surface area (TPSA) is 45.7 Å². The summed E-state index contributed by atoms with van der Waals surface area (Å²) in [7, 11) is 3.60. The van der Waals surface area contributed by atoms with Crippen LogP contribution in [0.25, 0.3) is 0 Å². The summed E-state index contributed by atoms with van der Waals surface area (Å²) in [6, 6.07) is 8.05. The number of aliphatic imine (C=N–C) groups is 1. The first kappa shape index (κ1) is 17.0. The minimum atomic E-state index is 0. The summed E-state index contributed by atoms with van der Waals surface area (Å²) >= 11 is 0. The Morgan fingerprint density at radius 2 is 2.06 bits per heavy atom. The molecule has 4 nitrogen and oxygen atoms in total. The smallest absolute Gasteiger partial charge is 0.190 e. The molecule has 0 aliphatic carbocycles. The van der Waals surface area contributed by atoms with Gasteiger partial charge in [-0.15, -0.1) is 24.0 Å². The molecule has 0 radical (unpaired) electrons. The molecule has 5 heteroatoms.